The molecule has 0 spiro atoms. The van der Waals surface area contributed by atoms with E-state index in [1.165, 1.54) is 6.07 Å². The first-order chi connectivity index (χ1) is 12.5. The Hall–Kier alpha value is -2.95. The van der Waals surface area contributed by atoms with E-state index in [1.54, 1.807) is 23.1 Å². The summed E-state index contributed by atoms with van der Waals surface area (Å²) in [6.07, 6.45) is -0.188. The first-order valence-corrected chi connectivity index (χ1v) is 8.60. The van der Waals surface area contributed by atoms with Gasteiger partial charge in [-0.15, -0.1) is 0 Å². The van der Waals surface area contributed by atoms with Gasteiger partial charge >= 0.3 is 0 Å². The largest absolute Gasteiger partial charge is 0.484 e. The lowest BCUT2D eigenvalue weighted by molar-refractivity contribution is 0.0165. The quantitative estimate of drug-likeness (QED) is 0.720. The molecule has 0 radical (unpaired) electrons. The van der Waals surface area contributed by atoms with E-state index in [1.807, 2.05) is 38.1 Å². The van der Waals surface area contributed by atoms with Gasteiger partial charge in [0.05, 0.1) is 24.2 Å². The van der Waals surface area contributed by atoms with Gasteiger partial charge in [0.15, 0.2) is 11.6 Å². The summed E-state index contributed by atoms with van der Waals surface area (Å²) < 4.78 is 19.3. The van der Waals surface area contributed by atoms with Crippen molar-refractivity contribution in [3.8, 4) is 5.75 Å². The number of ether oxygens (including phenoxy) is 1. The van der Waals surface area contributed by atoms with E-state index in [0.29, 0.717) is 18.7 Å². The molecule has 0 aliphatic carbocycles. The predicted octanol–water partition coefficient (Wildman–Crippen LogP) is 3.89. The normalized spacial score (nSPS) is 14.3. The highest BCUT2D eigenvalue weighted by Gasteiger charge is 2.34. The molecule has 1 aliphatic heterocycles. The molecule has 1 fully saturated rings. The molecule has 1 aromatic heterocycles. The molecule has 4 nitrogen and oxygen atoms in total. The van der Waals surface area contributed by atoms with Gasteiger partial charge in [0.25, 0.3) is 5.91 Å². The van der Waals surface area contributed by atoms with Crippen LogP contribution < -0.4 is 4.74 Å². The highest BCUT2D eigenvalue weighted by Crippen LogP contribution is 2.26. The van der Waals surface area contributed by atoms with Crippen molar-refractivity contribution in [3.05, 3.63) is 71.2 Å². The van der Waals surface area contributed by atoms with Crippen LogP contribution in [0.1, 0.15) is 21.6 Å². The molecule has 0 saturated carbocycles. The summed E-state index contributed by atoms with van der Waals surface area (Å²) in [5.74, 6) is -0.201. The smallest absolute Gasteiger partial charge is 0.254 e. The SMILES string of the molecule is Cc1cc(C(=O)N2CC(Oc3ccccc3F)C2)c2cccc(C)c2n1. The Morgan fingerprint density at radius 2 is 1.92 bits per heavy atom. The van der Waals surface area contributed by atoms with Crippen molar-refractivity contribution in [1.82, 2.24) is 9.88 Å². The van der Waals surface area contributed by atoms with Gasteiger partial charge in [-0.2, -0.15) is 0 Å². The van der Waals surface area contributed by atoms with E-state index in [-0.39, 0.29) is 23.6 Å². The van der Waals surface area contributed by atoms with Crippen LogP contribution in [0.25, 0.3) is 10.9 Å². The molecule has 132 valence electrons. The Balaban J connectivity index is 1.53. The Kier molecular flexibility index (Phi) is 4.07. The molecule has 1 amide bonds. The molecule has 2 heterocycles. The van der Waals surface area contributed by atoms with Gasteiger partial charge in [-0.3, -0.25) is 9.78 Å². The fourth-order valence-electron chi connectivity index (χ4n) is 3.27. The number of para-hydroxylation sites is 2. The lowest BCUT2D eigenvalue weighted by atomic mass is 10.0. The zero-order valence-corrected chi connectivity index (χ0v) is 14.7. The number of pyridine rings is 1. The highest BCUT2D eigenvalue weighted by atomic mass is 19.1. The van der Waals surface area contributed by atoms with Gasteiger partial charge in [0.1, 0.15) is 6.10 Å². The van der Waals surface area contributed by atoms with Crippen LogP contribution in [-0.2, 0) is 0 Å². The minimum absolute atomic E-state index is 0.0421. The molecule has 1 saturated heterocycles. The van der Waals surface area contributed by atoms with Gasteiger partial charge in [-0.25, -0.2) is 4.39 Å². The minimum atomic E-state index is -0.386. The summed E-state index contributed by atoms with van der Waals surface area (Å²) in [4.78, 5) is 19.2. The fourth-order valence-corrected chi connectivity index (χ4v) is 3.27. The lowest BCUT2D eigenvalue weighted by Crippen LogP contribution is -2.56. The van der Waals surface area contributed by atoms with Gasteiger partial charge in [-0.1, -0.05) is 30.3 Å². The number of hydrogen-bond acceptors (Lipinski definition) is 3. The summed E-state index contributed by atoms with van der Waals surface area (Å²) in [5.41, 5.74) is 3.37. The monoisotopic (exact) mass is 350 g/mol. The van der Waals surface area contributed by atoms with Crippen LogP contribution in [0.15, 0.2) is 48.5 Å². The van der Waals surface area contributed by atoms with Crippen molar-refractivity contribution >= 4 is 16.8 Å². The van der Waals surface area contributed by atoms with Gasteiger partial charge in [0, 0.05) is 11.1 Å². The number of nitrogens with zero attached hydrogens (tertiary/aromatic N) is 2. The lowest BCUT2D eigenvalue weighted by Gasteiger charge is -2.39. The first kappa shape index (κ1) is 16.5. The number of carbonyl (C=O) groups is 1. The molecule has 4 rings (SSSR count). The van der Waals surface area contributed by atoms with E-state index in [4.69, 9.17) is 4.74 Å². The van der Waals surface area contributed by atoms with Crippen LogP contribution in [0, 0.1) is 19.7 Å². The number of rotatable bonds is 3. The molecule has 26 heavy (non-hydrogen) atoms. The Bertz CT molecular complexity index is 996. The number of carbonyl (C=O) groups excluding carboxylic acids is 1. The minimum Gasteiger partial charge on any atom is -0.484 e. The maximum absolute atomic E-state index is 13.7. The molecule has 0 unspecified atom stereocenters. The van der Waals surface area contributed by atoms with Crippen LogP contribution >= 0.6 is 0 Å². The molecule has 1 aliphatic rings. The average molecular weight is 350 g/mol. The summed E-state index contributed by atoms with van der Waals surface area (Å²) in [5, 5.41) is 0.860. The van der Waals surface area contributed by atoms with Crippen LogP contribution in [0.3, 0.4) is 0 Å². The van der Waals surface area contributed by atoms with Crippen molar-refractivity contribution < 1.29 is 13.9 Å². The molecule has 0 N–H and O–H groups in total. The third kappa shape index (κ3) is 2.90. The Morgan fingerprint density at radius 3 is 2.69 bits per heavy atom. The van der Waals surface area contributed by atoms with Gasteiger partial charge in [0.2, 0.25) is 0 Å². The number of aromatic nitrogens is 1. The third-order valence-electron chi connectivity index (χ3n) is 4.67. The number of benzene rings is 2. The molecule has 5 heteroatoms. The molecule has 3 aromatic rings. The van der Waals surface area contributed by atoms with Crippen molar-refractivity contribution in [2.75, 3.05) is 13.1 Å². The van der Waals surface area contributed by atoms with Crippen LogP contribution in [0.4, 0.5) is 4.39 Å². The predicted molar refractivity (Wildman–Crippen MR) is 97.9 cm³/mol. The van der Waals surface area contributed by atoms with Crippen LogP contribution in [-0.4, -0.2) is 35.0 Å². The topological polar surface area (TPSA) is 42.4 Å². The summed E-state index contributed by atoms with van der Waals surface area (Å²) in [6, 6.07) is 14.0. The summed E-state index contributed by atoms with van der Waals surface area (Å²) >= 11 is 0. The fraction of sp³-hybridized carbons (Fsp3) is 0.238. The second kappa shape index (κ2) is 6.41. The van der Waals surface area contributed by atoms with Gasteiger partial charge < -0.3 is 9.64 Å². The van der Waals surface area contributed by atoms with Crippen LogP contribution in [0.2, 0.25) is 0 Å². The van der Waals surface area contributed by atoms with Crippen molar-refractivity contribution in [1.29, 1.82) is 0 Å². The molecule has 2 aromatic carbocycles. The van der Waals surface area contributed by atoms with E-state index < -0.39 is 0 Å². The Morgan fingerprint density at radius 1 is 1.15 bits per heavy atom. The standard InChI is InChI=1S/C21H19FN2O2/c1-13-6-5-7-16-17(10-14(2)23-20(13)16)21(25)24-11-15(12-24)26-19-9-4-3-8-18(19)22/h3-10,15H,11-12H2,1-2H3. The molecule has 0 bridgehead atoms. The second-order valence-corrected chi connectivity index (χ2v) is 6.66. The number of aryl methyl sites for hydroxylation is 2. The third-order valence-corrected chi connectivity index (χ3v) is 4.67. The number of halogens is 1. The second-order valence-electron chi connectivity index (χ2n) is 6.66. The number of fused-ring (bicyclic) bond motifs is 1. The molecular weight excluding hydrogens is 331 g/mol. The first-order valence-electron chi connectivity index (χ1n) is 8.60. The number of hydrogen-bond donors (Lipinski definition) is 0. The van der Waals surface area contributed by atoms with E-state index >= 15 is 0 Å². The van der Waals surface area contributed by atoms with Crippen molar-refractivity contribution in [2.24, 2.45) is 0 Å². The number of amides is 1. The zero-order valence-electron chi connectivity index (χ0n) is 14.7. The Labute approximate surface area is 151 Å². The van der Waals surface area contributed by atoms with Crippen molar-refractivity contribution in [2.45, 2.75) is 20.0 Å². The van der Waals surface area contributed by atoms with Crippen LogP contribution in [0.5, 0.6) is 5.75 Å². The van der Waals surface area contributed by atoms with E-state index in [9.17, 15) is 9.18 Å². The van der Waals surface area contributed by atoms with Crippen molar-refractivity contribution in [3.63, 3.8) is 0 Å². The van der Waals surface area contributed by atoms with Gasteiger partial charge in [-0.05, 0) is 37.6 Å². The van der Waals surface area contributed by atoms with E-state index in [2.05, 4.69) is 4.98 Å². The summed E-state index contributed by atoms with van der Waals surface area (Å²) in [6.45, 7) is 4.78. The average Bonchev–Trinajstić information content (AvgIpc) is 2.59. The number of likely N-dealkylation sites (tertiary alicyclic amines) is 1. The zero-order chi connectivity index (χ0) is 18.3. The highest BCUT2D eigenvalue weighted by molar-refractivity contribution is 6.07. The summed E-state index contributed by atoms with van der Waals surface area (Å²) in [7, 11) is 0. The van der Waals surface area contributed by atoms with E-state index in [0.717, 1.165) is 22.2 Å². The maximum Gasteiger partial charge on any atom is 0.254 e. The molecule has 0 atom stereocenters. The molecular formula is C21H19FN2O2. The maximum atomic E-state index is 13.7.